The minimum absolute atomic E-state index is 0.117. The van der Waals surface area contributed by atoms with Crippen LogP contribution >= 0.6 is 15.9 Å². The summed E-state index contributed by atoms with van der Waals surface area (Å²) >= 11 is 3.45. The Hall–Kier alpha value is -0.860. The second-order valence-corrected chi connectivity index (χ2v) is 4.86. The molecule has 6 nitrogen and oxygen atoms in total. The van der Waals surface area contributed by atoms with Gasteiger partial charge < -0.3 is 28.4 Å². The third-order valence-electron chi connectivity index (χ3n) is 2.58. The minimum Gasteiger partial charge on any atom is -0.464 e. The van der Waals surface area contributed by atoms with E-state index in [1.807, 2.05) is 12.1 Å². The van der Waals surface area contributed by atoms with Crippen LogP contribution in [0, 0.1) is 0 Å². The molecule has 0 N–H and O–H groups in total. The highest BCUT2D eigenvalue weighted by molar-refractivity contribution is 9.10. The van der Waals surface area contributed by atoms with Crippen molar-refractivity contribution in [3.05, 3.63) is 22.2 Å². The number of hydrogen-bond donors (Lipinski definition) is 0. The fraction of sp³-hybridized carbons (Fsp3) is 0.538. The maximum Gasteiger partial charge on any atom is 0.188 e. The molecule has 1 saturated heterocycles. The van der Waals surface area contributed by atoms with Crippen molar-refractivity contribution in [1.29, 1.82) is 0 Å². The van der Waals surface area contributed by atoms with Gasteiger partial charge in [-0.3, -0.25) is 0 Å². The Bertz CT molecular complexity index is 433. The van der Waals surface area contributed by atoms with E-state index in [1.165, 1.54) is 0 Å². The van der Waals surface area contributed by atoms with E-state index in [0.717, 1.165) is 10.0 Å². The summed E-state index contributed by atoms with van der Waals surface area (Å²) in [6.07, 6.45) is -0.382. The van der Waals surface area contributed by atoms with Crippen molar-refractivity contribution in [2.24, 2.45) is 0 Å². The van der Waals surface area contributed by atoms with Gasteiger partial charge in [-0.1, -0.05) is 0 Å². The average molecular weight is 349 g/mol. The maximum atomic E-state index is 5.52. The predicted molar refractivity (Wildman–Crippen MR) is 73.8 cm³/mol. The summed E-state index contributed by atoms with van der Waals surface area (Å²) in [5.74, 6) is 1.08. The molecule has 0 saturated carbocycles. The lowest BCUT2D eigenvalue weighted by molar-refractivity contribution is -0.0445. The molecule has 20 heavy (non-hydrogen) atoms. The highest BCUT2D eigenvalue weighted by Crippen LogP contribution is 2.39. The van der Waals surface area contributed by atoms with E-state index in [9.17, 15) is 0 Å². The monoisotopic (exact) mass is 348 g/mol. The number of hydrogen-bond acceptors (Lipinski definition) is 6. The van der Waals surface area contributed by atoms with Crippen LogP contribution in [0.15, 0.2) is 16.6 Å². The Morgan fingerprint density at radius 1 is 1.10 bits per heavy atom. The van der Waals surface area contributed by atoms with Crippen LogP contribution in [0.3, 0.4) is 0 Å². The lowest BCUT2D eigenvalue weighted by Crippen LogP contribution is -2.07. The van der Waals surface area contributed by atoms with Crippen molar-refractivity contribution < 1.29 is 28.4 Å². The van der Waals surface area contributed by atoms with Gasteiger partial charge in [-0.25, -0.2) is 0 Å². The summed E-state index contributed by atoms with van der Waals surface area (Å²) in [7, 11) is 3.11. The SMILES string of the molecule is COCOc1cc(C2OCCO2)cc(Br)c1OCOC. The predicted octanol–water partition coefficient (Wildman–Crippen LogP) is 2.46. The zero-order chi connectivity index (χ0) is 14.4. The van der Waals surface area contributed by atoms with Gasteiger partial charge in [0.05, 0.1) is 17.7 Å². The van der Waals surface area contributed by atoms with Crippen LogP contribution in [0.1, 0.15) is 11.9 Å². The standard InChI is InChI=1S/C13H17BrO6/c1-15-7-19-11-6-9(13-17-3-4-18-13)5-10(14)12(11)20-8-16-2/h5-6,13H,3-4,7-8H2,1-2H3. The molecule has 1 heterocycles. The quantitative estimate of drug-likeness (QED) is 0.705. The van der Waals surface area contributed by atoms with Crippen molar-refractivity contribution in [2.45, 2.75) is 6.29 Å². The summed E-state index contributed by atoms with van der Waals surface area (Å²) in [5, 5.41) is 0. The maximum absolute atomic E-state index is 5.52. The van der Waals surface area contributed by atoms with Crippen molar-refractivity contribution in [3.8, 4) is 11.5 Å². The van der Waals surface area contributed by atoms with Crippen LogP contribution in [0.2, 0.25) is 0 Å². The number of rotatable bonds is 7. The largest absolute Gasteiger partial charge is 0.464 e. The van der Waals surface area contributed by atoms with Crippen LogP contribution in [0.4, 0.5) is 0 Å². The Morgan fingerprint density at radius 2 is 1.75 bits per heavy atom. The summed E-state index contributed by atoms with van der Waals surface area (Å²) < 4.78 is 32.5. The van der Waals surface area contributed by atoms with Crippen LogP contribution in [0.25, 0.3) is 0 Å². The molecular weight excluding hydrogens is 332 g/mol. The van der Waals surface area contributed by atoms with E-state index in [4.69, 9.17) is 28.4 Å². The van der Waals surface area contributed by atoms with E-state index in [2.05, 4.69) is 15.9 Å². The Kier molecular flexibility index (Phi) is 6.06. The van der Waals surface area contributed by atoms with Gasteiger partial charge in [0.2, 0.25) is 0 Å². The zero-order valence-electron chi connectivity index (χ0n) is 11.4. The highest BCUT2D eigenvalue weighted by atomic mass is 79.9. The molecule has 1 aromatic rings. The van der Waals surface area contributed by atoms with Crippen molar-refractivity contribution >= 4 is 15.9 Å². The first-order chi connectivity index (χ1) is 9.76. The van der Waals surface area contributed by atoms with Gasteiger partial charge in [-0.2, -0.15) is 0 Å². The lowest BCUT2D eigenvalue weighted by Gasteiger charge is -2.17. The first-order valence-electron chi connectivity index (χ1n) is 6.06. The minimum atomic E-state index is -0.382. The first kappa shape index (κ1) is 15.5. The molecule has 0 atom stereocenters. The van der Waals surface area contributed by atoms with Crippen LogP contribution in [-0.2, 0) is 18.9 Å². The Labute approximate surface area is 126 Å². The van der Waals surface area contributed by atoms with E-state index in [1.54, 1.807) is 14.2 Å². The average Bonchev–Trinajstić information content (AvgIpc) is 2.97. The van der Waals surface area contributed by atoms with Crippen LogP contribution in [0.5, 0.6) is 11.5 Å². The highest BCUT2D eigenvalue weighted by Gasteiger charge is 2.22. The number of ether oxygens (including phenoxy) is 6. The molecule has 1 fully saturated rings. The number of benzene rings is 1. The molecule has 1 aliphatic heterocycles. The number of methoxy groups -OCH3 is 2. The molecule has 0 aliphatic carbocycles. The van der Waals surface area contributed by atoms with Crippen LogP contribution in [-0.4, -0.2) is 41.0 Å². The van der Waals surface area contributed by atoms with Gasteiger partial charge in [0.1, 0.15) is 0 Å². The van der Waals surface area contributed by atoms with Gasteiger partial charge in [0, 0.05) is 19.8 Å². The fourth-order valence-electron chi connectivity index (χ4n) is 1.76. The molecule has 112 valence electrons. The summed E-state index contributed by atoms with van der Waals surface area (Å²) in [4.78, 5) is 0. The molecular formula is C13H17BrO6. The molecule has 0 bridgehead atoms. The van der Waals surface area contributed by atoms with E-state index >= 15 is 0 Å². The molecule has 1 aromatic carbocycles. The fourth-order valence-corrected chi connectivity index (χ4v) is 2.34. The zero-order valence-corrected chi connectivity index (χ0v) is 13.0. The Balaban J connectivity index is 2.25. The normalized spacial score (nSPS) is 15.6. The van der Waals surface area contributed by atoms with Crippen molar-refractivity contribution in [3.63, 3.8) is 0 Å². The van der Waals surface area contributed by atoms with E-state index in [-0.39, 0.29) is 19.9 Å². The molecule has 2 rings (SSSR count). The molecule has 0 radical (unpaired) electrons. The lowest BCUT2D eigenvalue weighted by atomic mass is 10.2. The van der Waals surface area contributed by atoms with E-state index < -0.39 is 0 Å². The molecule has 0 spiro atoms. The summed E-state index contributed by atoms with van der Waals surface area (Å²) in [6, 6.07) is 3.69. The number of halogens is 1. The van der Waals surface area contributed by atoms with Crippen molar-refractivity contribution in [2.75, 3.05) is 41.0 Å². The third kappa shape index (κ3) is 3.83. The Morgan fingerprint density at radius 3 is 2.40 bits per heavy atom. The third-order valence-corrected chi connectivity index (χ3v) is 3.17. The first-order valence-corrected chi connectivity index (χ1v) is 6.85. The smallest absolute Gasteiger partial charge is 0.188 e. The molecule has 1 aliphatic rings. The van der Waals surface area contributed by atoms with E-state index in [0.29, 0.717) is 24.7 Å². The van der Waals surface area contributed by atoms with Crippen LogP contribution < -0.4 is 9.47 Å². The van der Waals surface area contributed by atoms with Gasteiger partial charge in [0.15, 0.2) is 31.4 Å². The molecule has 0 unspecified atom stereocenters. The van der Waals surface area contributed by atoms with Gasteiger partial charge in [0.25, 0.3) is 0 Å². The van der Waals surface area contributed by atoms with Crippen molar-refractivity contribution in [1.82, 2.24) is 0 Å². The summed E-state index contributed by atoms with van der Waals surface area (Å²) in [5.41, 5.74) is 0.852. The summed E-state index contributed by atoms with van der Waals surface area (Å²) in [6.45, 7) is 1.40. The molecule has 7 heteroatoms. The molecule has 0 amide bonds. The second-order valence-electron chi connectivity index (χ2n) is 4.01. The van der Waals surface area contributed by atoms with Gasteiger partial charge in [-0.15, -0.1) is 0 Å². The topological polar surface area (TPSA) is 55.4 Å². The second kappa shape index (κ2) is 7.80. The molecule has 0 aromatic heterocycles. The van der Waals surface area contributed by atoms with Gasteiger partial charge in [-0.05, 0) is 28.1 Å². The van der Waals surface area contributed by atoms with Gasteiger partial charge >= 0.3 is 0 Å².